The molecule has 2 unspecified atom stereocenters. The summed E-state index contributed by atoms with van der Waals surface area (Å²) in [6.07, 6.45) is 1.75. The predicted molar refractivity (Wildman–Crippen MR) is 200 cm³/mol. The van der Waals surface area contributed by atoms with Crippen molar-refractivity contribution in [1.29, 1.82) is 21.0 Å². The number of hydrogen-bond donors (Lipinski definition) is 0. The Morgan fingerprint density at radius 2 is 1.00 bits per heavy atom. The van der Waals surface area contributed by atoms with E-state index in [0.717, 1.165) is 0 Å². The first-order valence-corrected chi connectivity index (χ1v) is 18.5. The normalized spacial score (nSPS) is 23.1. The topological polar surface area (TPSA) is 207 Å². The Balaban J connectivity index is 1.49. The molecule has 14 nitrogen and oxygen atoms in total. The monoisotopic (exact) mass is 764 g/mol. The minimum absolute atomic E-state index is 0.190. The SMILES string of the molecule is C=C(C)C(=O)OC1CCN(C2=C(C#N)/C(=C(\C#N)C(=O)OCCOC(=O)/C(C#N)=C3\CC(C)(C)CC(N4CCC(OC(=O)C(=C)C)C4)=C3C#N)CC(C)(C)C2)C1. The molecule has 2 heterocycles. The molecule has 2 fully saturated rings. The van der Waals surface area contributed by atoms with Gasteiger partial charge in [-0.1, -0.05) is 40.9 Å². The van der Waals surface area contributed by atoms with Crippen LogP contribution in [-0.4, -0.2) is 85.3 Å². The van der Waals surface area contributed by atoms with Gasteiger partial charge in [0.05, 0.1) is 24.2 Å². The average molecular weight is 765 g/mol. The summed E-state index contributed by atoms with van der Waals surface area (Å²) in [6.45, 7) is 19.0. The van der Waals surface area contributed by atoms with Crippen LogP contribution < -0.4 is 0 Å². The van der Waals surface area contributed by atoms with E-state index in [-0.39, 0.29) is 57.4 Å². The summed E-state index contributed by atoms with van der Waals surface area (Å²) >= 11 is 0. The van der Waals surface area contributed by atoms with Crippen molar-refractivity contribution in [3.63, 3.8) is 0 Å². The minimum atomic E-state index is -0.997. The number of likely N-dealkylation sites (tertiary alicyclic amines) is 2. The van der Waals surface area contributed by atoms with Crippen molar-refractivity contribution < 1.29 is 38.1 Å². The average Bonchev–Trinajstić information content (AvgIpc) is 3.79. The molecule has 2 saturated heterocycles. The fourth-order valence-electron chi connectivity index (χ4n) is 7.45. The number of nitrogens with zero attached hydrogens (tertiary/aromatic N) is 6. The van der Waals surface area contributed by atoms with Gasteiger partial charge in [0.15, 0.2) is 0 Å². The number of esters is 4. The highest BCUT2D eigenvalue weighted by molar-refractivity contribution is 5.96. The van der Waals surface area contributed by atoms with Crippen molar-refractivity contribution in [2.75, 3.05) is 39.4 Å². The molecule has 0 amide bonds. The van der Waals surface area contributed by atoms with Crippen molar-refractivity contribution in [1.82, 2.24) is 9.80 Å². The molecule has 0 aromatic heterocycles. The van der Waals surface area contributed by atoms with Crippen molar-refractivity contribution in [2.45, 2.75) is 92.3 Å². The van der Waals surface area contributed by atoms with Gasteiger partial charge in [-0.15, -0.1) is 0 Å². The lowest BCUT2D eigenvalue weighted by molar-refractivity contribution is -0.146. The molecule has 0 spiro atoms. The number of carbonyl (C=O) groups is 4. The van der Waals surface area contributed by atoms with Crippen molar-refractivity contribution >= 4 is 23.9 Å². The third kappa shape index (κ3) is 9.94. The Morgan fingerprint density at radius 3 is 1.30 bits per heavy atom. The first-order valence-electron chi connectivity index (χ1n) is 18.5. The van der Waals surface area contributed by atoms with E-state index in [4.69, 9.17) is 18.9 Å². The quantitative estimate of drug-likeness (QED) is 0.0861. The number of carbonyl (C=O) groups excluding carboxylic acids is 4. The Bertz CT molecular complexity index is 1880. The fraction of sp³-hybridized carbons (Fsp3) is 0.524. The van der Waals surface area contributed by atoms with Crippen LogP contribution in [0.5, 0.6) is 0 Å². The minimum Gasteiger partial charge on any atom is -0.458 e. The van der Waals surface area contributed by atoms with Gasteiger partial charge in [0.1, 0.15) is 60.8 Å². The zero-order valence-electron chi connectivity index (χ0n) is 33.0. The lowest BCUT2D eigenvalue weighted by Gasteiger charge is -2.37. The first kappa shape index (κ1) is 42.6. The fourth-order valence-corrected chi connectivity index (χ4v) is 7.45. The Morgan fingerprint density at radius 1 is 0.643 bits per heavy atom. The van der Waals surface area contributed by atoms with Crippen LogP contribution in [0.4, 0.5) is 0 Å². The second kappa shape index (κ2) is 17.6. The second-order valence-electron chi connectivity index (χ2n) is 16.2. The van der Waals surface area contributed by atoms with Gasteiger partial charge in [-0.25, -0.2) is 19.2 Å². The van der Waals surface area contributed by atoms with Gasteiger partial charge in [0.2, 0.25) is 0 Å². The zero-order valence-corrected chi connectivity index (χ0v) is 33.0. The predicted octanol–water partition coefficient (Wildman–Crippen LogP) is 5.30. The molecule has 4 aliphatic rings. The first-order chi connectivity index (χ1) is 26.3. The van der Waals surface area contributed by atoms with E-state index in [1.807, 2.05) is 49.6 Å². The van der Waals surface area contributed by atoms with Gasteiger partial charge in [0, 0.05) is 48.5 Å². The molecule has 56 heavy (non-hydrogen) atoms. The maximum atomic E-state index is 13.3. The summed E-state index contributed by atoms with van der Waals surface area (Å²) in [6, 6.07) is 8.19. The highest BCUT2D eigenvalue weighted by atomic mass is 16.6. The lowest BCUT2D eigenvalue weighted by Crippen LogP contribution is -2.32. The van der Waals surface area contributed by atoms with Crippen LogP contribution in [0, 0.1) is 56.2 Å². The van der Waals surface area contributed by atoms with Crippen LogP contribution in [0.3, 0.4) is 0 Å². The number of hydrogen-bond acceptors (Lipinski definition) is 14. The summed E-state index contributed by atoms with van der Waals surface area (Å²) < 4.78 is 21.8. The number of allylic oxidation sites excluding steroid dienone is 6. The molecule has 0 aromatic rings. The molecule has 4 rings (SSSR count). The van der Waals surface area contributed by atoms with E-state index in [0.29, 0.717) is 63.3 Å². The van der Waals surface area contributed by atoms with Gasteiger partial charge < -0.3 is 28.7 Å². The van der Waals surface area contributed by atoms with Gasteiger partial charge in [-0.3, -0.25) is 0 Å². The summed E-state index contributed by atoms with van der Waals surface area (Å²) in [4.78, 5) is 54.8. The molecular weight excluding hydrogens is 716 g/mol. The second-order valence-corrected chi connectivity index (χ2v) is 16.2. The van der Waals surface area contributed by atoms with Crippen LogP contribution in [-0.2, 0) is 38.1 Å². The largest absolute Gasteiger partial charge is 0.458 e. The van der Waals surface area contributed by atoms with Crippen molar-refractivity contribution in [3.05, 3.63) is 69.1 Å². The molecule has 0 N–H and O–H groups in total. The lowest BCUT2D eigenvalue weighted by atomic mass is 9.72. The van der Waals surface area contributed by atoms with Crippen LogP contribution in [0.1, 0.15) is 80.1 Å². The number of ether oxygens (including phenoxy) is 4. The molecule has 2 aliphatic heterocycles. The highest BCUT2D eigenvalue weighted by Crippen LogP contribution is 2.46. The van der Waals surface area contributed by atoms with E-state index in [9.17, 15) is 40.2 Å². The zero-order chi connectivity index (χ0) is 41.5. The van der Waals surface area contributed by atoms with Gasteiger partial charge in [-0.2, -0.15) is 21.0 Å². The van der Waals surface area contributed by atoms with E-state index in [2.05, 4.69) is 25.3 Å². The van der Waals surface area contributed by atoms with E-state index in [1.54, 1.807) is 13.8 Å². The Hall–Kier alpha value is -6.12. The van der Waals surface area contributed by atoms with Gasteiger partial charge in [-0.05, 0) is 61.5 Å². The summed E-state index contributed by atoms with van der Waals surface area (Å²) in [5.74, 6) is -2.99. The Labute approximate surface area is 328 Å². The number of rotatable bonds is 11. The molecule has 2 atom stereocenters. The third-order valence-corrected chi connectivity index (χ3v) is 10.1. The van der Waals surface area contributed by atoms with E-state index >= 15 is 0 Å². The highest BCUT2D eigenvalue weighted by Gasteiger charge is 2.40. The molecule has 14 heteroatoms. The Kier molecular flexibility index (Phi) is 13.4. The smallest absolute Gasteiger partial charge is 0.349 e. The van der Waals surface area contributed by atoms with Crippen LogP contribution in [0.25, 0.3) is 0 Å². The molecular formula is C42H48N6O8. The van der Waals surface area contributed by atoms with Crippen LogP contribution in [0.15, 0.2) is 69.1 Å². The van der Waals surface area contributed by atoms with Crippen LogP contribution >= 0.6 is 0 Å². The maximum absolute atomic E-state index is 13.3. The molecule has 294 valence electrons. The maximum Gasteiger partial charge on any atom is 0.349 e. The molecule has 0 aromatic carbocycles. The van der Waals surface area contributed by atoms with Gasteiger partial charge >= 0.3 is 23.9 Å². The van der Waals surface area contributed by atoms with E-state index < -0.39 is 60.1 Å². The standard InChI is InChI=1S/C42H48N6O8/c1-25(2)37(49)55-27-9-11-47(23-27)35-17-41(5,6)15-29(31(35)19-43)33(21-45)39(51)53-13-14-54-40(52)34(22-46)30-16-42(7,8)18-36(32(30)20-44)48-12-10-28(24-48)56-38(50)26(3)4/h27-28H,1,3,9-18,23-24H2,2,4-8H3/b33-29+,34-30+. The number of nitriles is 4. The summed E-state index contributed by atoms with van der Waals surface area (Å²) in [5, 5.41) is 40.8. The van der Waals surface area contributed by atoms with Crippen LogP contribution in [0.2, 0.25) is 0 Å². The molecule has 0 radical (unpaired) electrons. The molecule has 2 aliphatic carbocycles. The van der Waals surface area contributed by atoms with E-state index in [1.165, 1.54) is 0 Å². The third-order valence-electron chi connectivity index (χ3n) is 10.1. The molecule has 0 saturated carbocycles. The van der Waals surface area contributed by atoms with Crippen molar-refractivity contribution in [2.24, 2.45) is 10.8 Å². The summed E-state index contributed by atoms with van der Waals surface area (Å²) in [7, 11) is 0. The summed E-state index contributed by atoms with van der Waals surface area (Å²) in [5.41, 5.74) is 1.16. The van der Waals surface area contributed by atoms with Gasteiger partial charge in [0.25, 0.3) is 0 Å². The molecule has 0 bridgehead atoms. The van der Waals surface area contributed by atoms with Crippen molar-refractivity contribution in [3.8, 4) is 24.3 Å².